The van der Waals surface area contributed by atoms with Gasteiger partial charge in [0, 0.05) is 12.7 Å². The Balaban J connectivity index is 2.04. The maximum Gasteiger partial charge on any atom is 0.352 e. The molecule has 1 amide bonds. The fourth-order valence-corrected chi connectivity index (χ4v) is 5.05. The van der Waals surface area contributed by atoms with Gasteiger partial charge in [-0.25, -0.2) is 4.79 Å². The number of aliphatic hydroxyl groups is 1. The van der Waals surface area contributed by atoms with E-state index in [1.807, 2.05) is 0 Å². The Morgan fingerprint density at radius 3 is 2.80 bits per heavy atom. The van der Waals surface area contributed by atoms with E-state index in [2.05, 4.69) is 0 Å². The van der Waals surface area contributed by atoms with E-state index in [9.17, 15) is 19.8 Å². The zero-order valence-electron chi connectivity index (χ0n) is 11.3. The summed E-state index contributed by atoms with van der Waals surface area (Å²) in [7, 11) is 1.56. The van der Waals surface area contributed by atoms with Gasteiger partial charge in [0.25, 0.3) is 0 Å². The van der Waals surface area contributed by atoms with Gasteiger partial charge in [0.1, 0.15) is 5.70 Å². The van der Waals surface area contributed by atoms with E-state index in [0.717, 1.165) is 12.2 Å². The summed E-state index contributed by atoms with van der Waals surface area (Å²) in [5, 5.41) is 19.2. The van der Waals surface area contributed by atoms with Crippen molar-refractivity contribution in [3.8, 4) is 0 Å². The zero-order valence-corrected chi connectivity index (χ0v) is 12.1. The van der Waals surface area contributed by atoms with Crippen molar-refractivity contribution in [2.75, 3.05) is 12.9 Å². The lowest BCUT2D eigenvalue weighted by Crippen LogP contribution is -2.64. The number of thioether (sulfide) groups is 1. The zero-order chi connectivity index (χ0) is 14.6. The van der Waals surface area contributed by atoms with Crippen LogP contribution in [0.3, 0.4) is 0 Å². The summed E-state index contributed by atoms with van der Waals surface area (Å²) in [4.78, 5) is 25.1. The van der Waals surface area contributed by atoms with E-state index in [1.54, 1.807) is 25.8 Å². The van der Waals surface area contributed by atoms with Crippen molar-refractivity contribution in [3.05, 3.63) is 11.3 Å². The lowest BCUT2D eigenvalue weighted by atomic mass is 9.82. The molecule has 0 aliphatic carbocycles. The topological polar surface area (TPSA) is 87.1 Å². The van der Waals surface area contributed by atoms with Gasteiger partial charge in [0.05, 0.1) is 29.4 Å². The van der Waals surface area contributed by atoms with Gasteiger partial charge in [-0.1, -0.05) is 0 Å². The number of rotatable bonds is 3. The van der Waals surface area contributed by atoms with Gasteiger partial charge in [-0.2, -0.15) is 11.8 Å². The molecular formula is C13H17NO5S. The first kappa shape index (κ1) is 13.9. The minimum atomic E-state index is -1.09. The number of carbonyl (C=O) groups is 2. The highest BCUT2D eigenvalue weighted by molar-refractivity contribution is 8.00. The summed E-state index contributed by atoms with van der Waals surface area (Å²) in [5.74, 6) is -1.02. The highest BCUT2D eigenvalue weighted by atomic mass is 32.2. The fourth-order valence-electron chi connectivity index (χ4n) is 3.52. The van der Waals surface area contributed by atoms with Crippen LogP contribution in [0.15, 0.2) is 11.3 Å². The number of hydrogen-bond donors (Lipinski definition) is 2. The summed E-state index contributed by atoms with van der Waals surface area (Å²) >= 11 is 1.65. The molecule has 3 aliphatic heterocycles. The van der Waals surface area contributed by atoms with Crippen molar-refractivity contribution in [1.29, 1.82) is 0 Å². The summed E-state index contributed by atoms with van der Waals surface area (Å²) in [6, 6.07) is -0.244. The van der Waals surface area contributed by atoms with Crippen molar-refractivity contribution in [2.45, 2.75) is 36.8 Å². The molecule has 0 aromatic heterocycles. The van der Waals surface area contributed by atoms with Crippen molar-refractivity contribution < 1.29 is 24.5 Å². The molecular weight excluding hydrogens is 282 g/mol. The van der Waals surface area contributed by atoms with E-state index in [1.165, 1.54) is 4.90 Å². The highest BCUT2D eigenvalue weighted by Gasteiger charge is 2.62. The lowest BCUT2D eigenvalue weighted by Gasteiger charge is -2.47. The third kappa shape index (κ3) is 1.66. The first-order chi connectivity index (χ1) is 9.49. The van der Waals surface area contributed by atoms with Gasteiger partial charge in [-0.15, -0.1) is 0 Å². The highest BCUT2D eigenvalue weighted by Crippen LogP contribution is 2.52. The van der Waals surface area contributed by atoms with E-state index in [0.29, 0.717) is 5.57 Å². The van der Waals surface area contributed by atoms with Crippen LogP contribution in [-0.2, 0) is 14.3 Å². The minimum absolute atomic E-state index is 0.0703. The van der Waals surface area contributed by atoms with Gasteiger partial charge in [-0.05, 0) is 19.1 Å². The molecule has 2 saturated heterocycles. The fraction of sp³-hybridized carbons (Fsp3) is 0.692. The molecule has 2 N–H and O–H groups in total. The van der Waals surface area contributed by atoms with Gasteiger partial charge in [-0.3, -0.25) is 4.79 Å². The molecule has 0 aromatic carbocycles. The molecule has 3 aliphatic rings. The van der Waals surface area contributed by atoms with Crippen molar-refractivity contribution in [3.63, 3.8) is 0 Å². The van der Waals surface area contributed by atoms with E-state index in [4.69, 9.17) is 4.74 Å². The monoisotopic (exact) mass is 299 g/mol. The number of aliphatic hydroxyl groups excluding tert-OH is 1. The molecule has 110 valence electrons. The van der Waals surface area contributed by atoms with Crippen LogP contribution in [0.5, 0.6) is 0 Å². The van der Waals surface area contributed by atoms with E-state index in [-0.39, 0.29) is 29.0 Å². The molecule has 3 heterocycles. The number of carboxylic acid groups (broad SMARTS) is 1. The van der Waals surface area contributed by atoms with E-state index >= 15 is 0 Å². The minimum Gasteiger partial charge on any atom is -0.477 e. The summed E-state index contributed by atoms with van der Waals surface area (Å²) in [5.41, 5.74) is 0.777. The normalized spacial score (nSPS) is 37.4. The molecule has 0 aromatic rings. The van der Waals surface area contributed by atoms with Crippen LogP contribution in [0.1, 0.15) is 13.3 Å². The van der Waals surface area contributed by atoms with Crippen LogP contribution in [-0.4, -0.2) is 63.4 Å². The predicted molar refractivity (Wildman–Crippen MR) is 72.1 cm³/mol. The average Bonchev–Trinajstić information content (AvgIpc) is 2.69. The van der Waals surface area contributed by atoms with Gasteiger partial charge in [0.15, 0.2) is 0 Å². The Kier molecular flexibility index (Phi) is 3.30. The summed E-state index contributed by atoms with van der Waals surface area (Å²) < 4.78 is 5.41. The number of aliphatic carboxylic acids is 1. The standard InChI is InChI=1S/C13H17NO5S/c1-5(15)7-9-11-8(6(19-2)3-4-20-11)10(13(17)18)14(9)12(7)16/h5-7,9,11,15H,3-4H2,1-2H3,(H,17,18)/t5-,6+,7-,9+,11+/m1/s1. The smallest absolute Gasteiger partial charge is 0.352 e. The number of carbonyl (C=O) groups excluding carboxylic acids is 1. The summed E-state index contributed by atoms with van der Waals surface area (Å²) in [6.07, 6.45) is -0.264. The van der Waals surface area contributed by atoms with Crippen LogP contribution < -0.4 is 0 Å². The molecule has 0 saturated carbocycles. The van der Waals surface area contributed by atoms with Crippen LogP contribution in [0.2, 0.25) is 0 Å². The average molecular weight is 299 g/mol. The first-order valence-corrected chi connectivity index (χ1v) is 7.66. The van der Waals surface area contributed by atoms with Crippen LogP contribution in [0.4, 0.5) is 0 Å². The maximum absolute atomic E-state index is 12.2. The number of ether oxygens (including phenoxy) is 1. The second-order valence-electron chi connectivity index (χ2n) is 5.38. The summed E-state index contributed by atoms with van der Waals surface area (Å²) in [6.45, 7) is 1.58. The SMILES string of the molecule is CO[C@H]1CCS[C@H]2C1=C(C(=O)O)N1C(=O)[C@H]([C@@H](C)O)[C@@H]21. The molecule has 2 fully saturated rings. The lowest BCUT2D eigenvalue weighted by molar-refractivity contribution is -0.160. The third-order valence-corrected chi connectivity index (χ3v) is 5.71. The number of fused-ring (bicyclic) bond motifs is 3. The predicted octanol–water partition coefficient (Wildman–Crippen LogP) is 0.0670. The van der Waals surface area contributed by atoms with Crippen LogP contribution >= 0.6 is 11.8 Å². The third-order valence-electron chi connectivity index (χ3n) is 4.35. The molecule has 0 unspecified atom stereocenters. The number of β-lactam (4-membered cyclic amide) rings is 1. The van der Waals surface area contributed by atoms with Crippen molar-refractivity contribution >= 4 is 23.6 Å². The number of methoxy groups -OCH3 is 1. The Hall–Kier alpha value is -1.05. The Bertz CT molecular complexity index is 503. The Morgan fingerprint density at radius 2 is 2.25 bits per heavy atom. The molecule has 3 rings (SSSR count). The number of nitrogens with zero attached hydrogens (tertiary/aromatic N) is 1. The first-order valence-electron chi connectivity index (χ1n) is 6.62. The second-order valence-corrected chi connectivity index (χ2v) is 6.63. The Labute approximate surface area is 120 Å². The van der Waals surface area contributed by atoms with Crippen LogP contribution in [0.25, 0.3) is 0 Å². The number of carboxylic acids is 1. The second kappa shape index (κ2) is 4.75. The van der Waals surface area contributed by atoms with Crippen molar-refractivity contribution in [2.24, 2.45) is 5.92 Å². The van der Waals surface area contributed by atoms with Crippen LogP contribution in [0, 0.1) is 5.92 Å². The molecule has 7 heteroatoms. The van der Waals surface area contributed by atoms with Crippen molar-refractivity contribution in [1.82, 2.24) is 4.90 Å². The number of amides is 1. The quantitative estimate of drug-likeness (QED) is 0.717. The Morgan fingerprint density at radius 1 is 1.55 bits per heavy atom. The van der Waals surface area contributed by atoms with Gasteiger partial charge < -0.3 is 19.8 Å². The molecule has 0 spiro atoms. The largest absolute Gasteiger partial charge is 0.477 e. The molecule has 0 bridgehead atoms. The van der Waals surface area contributed by atoms with E-state index < -0.39 is 18.0 Å². The molecule has 20 heavy (non-hydrogen) atoms. The van der Waals surface area contributed by atoms with Gasteiger partial charge >= 0.3 is 5.97 Å². The molecule has 6 nitrogen and oxygen atoms in total. The number of hydrogen-bond acceptors (Lipinski definition) is 5. The van der Waals surface area contributed by atoms with Gasteiger partial charge in [0.2, 0.25) is 5.91 Å². The maximum atomic E-state index is 12.2. The molecule has 0 radical (unpaired) electrons. The molecule has 5 atom stereocenters.